The number of ether oxygens (including phenoxy) is 1. The summed E-state index contributed by atoms with van der Waals surface area (Å²) in [7, 11) is 0. The fraction of sp³-hybridized carbons (Fsp3) is 0.938. The quantitative estimate of drug-likeness (QED) is 0.859. The third-order valence-electron chi connectivity index (χ3n) is 5.91. The molecule has 1 spiro atoms. The van der Waals surface area contributed by atoms with Gasteiger partial charge in [0.25, 0.3) is 0 Å². The van der Waals surface area contributed by atoms with Gasteiger partial charge >= 0.3 is 0 Å². The van der Waals surface area contributed by atoms with Crippen LogP contribution in [0.25, 0.3) is 0 Å². The zero-order valence-corrected chi connectivity index (χ0v) is 12.4. The van der Waals surface area contributed by atoms with Crippen LogP contribution in [-0.2, 0) is 9.53 Å². The lowest BCUT2D eigenvalue weighted by Gasteiger charge is -2.36. The summed E-state index contributed by atoms with van der Waals surface area (Å²) < 4.78 is 5.85. The molecule has 0 aromatic rings. The zero-order valence-electron chi connectivity index (χ0n) is 12.4. The first-order valence-electron chi connectivity index (χ1n) is 8.43. The van der Waals surface area contributed by atoms with E-state index < -0.39 is 0 Å². The number of hydrogen-bond donors (Lipinski definition) is 1. The average molecular weight is 278 g/mol. The summed E-state index contributed by atoms with van der Waals surface area (Å²) in [5.74, 6) is 1.01. The highest BCUT2D eigenvalue weighted by molar-refractivity contribution is 5.92. The van der Waals surface area contributed by atoms with E-state index in [0.717, 1.165) is 32.3 Å². The van der Waals surface area contributed by atoms with E-state index in [1.807, 2.05) is 0 Å². The van der Waals surface area contributed by atoms with Gasteiger partial charge in [0, 0.05) is 6.61 Å². The molecule has 0 bridgehead atoms. The molecule has 2 saturated heterocycles. The van der Waals surface area contributed by atoms with Gasteiger partial charge in [-0.05, 0) is 51.4 Å². The molecule has 4 rings (SSSR count). The van der Waals surface area contributed by atoms with Gasteiger partial charge in [0.05, 0.1) is 23.9 Å². The second kappa shape index (κ2) is 4.70. The summed E-state index contributed by atoms with van der Waals surface area (Å²) in [6.07, 6.45) is 10.0. The number of nitrogens with zero attached hydrogens (tertiary/aromatic N) is 1. The van der Waals surface area contributed by atoms with Crippen LogP contribution >= 0.6 is 0 Å². The Bertz CT molecular complexity index is 395. The normalized spacial score (nSPS) is 38.0. The van der Waals surface area contributed by atoms with E-state index in [0.29, 0.717) is 11.8 Å². The van der Waals surface area contributed by atoms with Gasteiger partial charge in [0.2, 0.25) is 5.91 Å². The maximum Gasteiger partial charge on any atom is 0.244 e. The molecule has 0 radical (unpaired) electrons. The van der Waals surface area contributed by atoms with E-state index in [-0.39, 0.29) is 23.9 Å². The second-order valence-electron chi connectivity index (χ2n) is 7.22. The van der Waals surface area contributed by atoms with E-state index >= 15 is 0 Å². The SMILES string of the molecule is CC(C1CCCO1)N1C(=O)C2(CC2)NC1C1CCCC1. The smallest absolute Gasteiger partial charge is 0.244 e. The predicted molar refractivity (Wildman–Crippen MR) is 76.1 cm³/mol. The van der Waals surface area contributed by atoms with E-state index in [1.165, 1.54) is 25.7 Å². The van der Waals surface area contributed by atoms with Crippen molar-refractivity contribution in [3.63, 3.8) is 0 Å². The van der Waals surface area contributed by atoms with E-state index in [2.05, 4.69) is 17.1 Å². The third kappa shape index (κ3) is 1.92. The highest BCUT2D eigenvalue weighted by atomic mass is 16.5. The number of hydrogen-bond acceptors (Lipinski definition) is 3. The second-order valence-corrected chi connectivity index (χ2v) is 7.22. The van der Waals surface area contributed by atoms with Gasteiger partial charge in [0.1, 0.15) is 0 Å². The Morgan fingerprint density at radius 2 is 2.00 bits per heavy atom. The number of carbonyl (C=O) groups is 1. The topological polar surface area (TPSA) is 41.6 Å². The molecule has 4 fully saturated rings. The molecular formula is C16H26N2O2. The standard InChI is InChI=1S/C16H26N2O2/c1-11(13-7-4-10-20-13)18-14(12-5-2-3-6-12)17-16(8-9-16)15(18)19/h11-14,17H,2-10H2,1H3. The molecule has 20 heavy (non-hydrogen) atoms. The molecule has 2 saturated carbocycles. The van der Waals surface area contributed by atoms with Gasteiger partial charge in [-0.15, -0.1) is 0 Å². The maximum atomic E-state index is 12.9. The molecule has 3 unspecified atom stereocenters. The largest absolute Gasteiger partial charge is 0.376 e. The molecule has 4 nitrogen and oxygen atoms in total. The monoisotopic (exact) mass is 278 g/mol. The number of amides is 1. The Hall–Kier alpha value is -0.610. The Morgan fingerprint density at radius 1 is 1.25 bits per heavy atom. The summed E-state index contributed by atoms with van der Waals surface area (Å²) in [6, 6.07) is 0.225. The Labute approximate surface area is 121 Å². The molecule has 2 heterocycles. The van der Waals surface area contributed by atoms with Crippen molar-refractivity contribution >= 4 is 5.91 Å². The highest BCUT2D eigenvalue weighted by Crippen LogP contribution is 2.46. The molecule has 4 heteroatoms. The number of nitrogens with one attached hydrogen (secondary N) is 1. The van der Waals surface area contributed by atoms with Crippen molar-refractivity contribution in [2.24, 2.45) is 5.92 Å². The molecule has 1 N–H and O–H groups in total. The number of rotatable bonds is 3. The zero-order chi connectivity index (χ0) is 13.7. The van der Waals surface area contributed by atoms with Crippen LogP contribution in [0.3, 0.4) is 0 Å². The maximum absolute atomic E-state index is 12.9. The van der Waals surface area contributed by atoms with Crippen LogP contribution in [-0.4, -0.2) is 41.3 Å². The highest BCUT2D eigenvalue weighted by Gasteiger charge is 2.61. The van der Waals surface area contributed by atoms with Crippen LogP contribution in [0.15, 0.2) is 0 Å². The minimum atomic E-state index is -0.180. The van der Waals surface area contributed by atoms with Crippen molar-refractivity contribution in [2.45, 2.75) is 82.1 Å². The van der Waals surface area contributed by atoms with Gasteiger partial charge in [-0.2, -0.15) is 0 Å². The Balaban J connectivity index is 1.57. The van der Waals surface area contributed by atoms with Crippen molar-refractivity contribution in [3.05, 3.63) is 0 Å². The molecule has 2 aliphatic heterocycles. The van der Waals surface area contributed by atoms with Gasteiger partial charge in [-0.25, -0.2) is 0 Å². The van der Waals surface area contributed by atoms with Crippen molar-refractivity contribution in [2.75, 3.05) is 6.61 Å². The first kappa shape index (κ1) is 13.1. The van der Waals surface area contributed by atoms with Crippen molar-refractivity contribution in [3.8, 4) is 0 Å². The van der Waals surface area contributed by atoms with Crippen molar-refractivity contribution in [1.82, 2.24) is 10.2 Å². The molecule has 3 atom stereocenters. The molecule has 2 aliphatic carbocycles. The van der Waals surface area contributed by atoms with E-state index in [9.17, 15) is 4.79 Å². The predicted octanol–water partition coefficient (Wildman–Crippen LogP) is 2.03. The lowest BCUT2D eigenvalue weighted by atomic mass is 10.0. The van der Waals surface area contributed by atoms with Crippen LogP contribution in [0.2, 0.25) is 0 Å². The molecule has 0 aromatic heterocycles. The summed E-state index contributed by atoms with van der Waals surface area (Å²) in [4.78, 5) is 15.0. The van der Waals surface area contributed by atoms with Crippen LogP contribution in [0.4, 0.5) is 0 Å². The molecule has 0 aromatic carbocycles. The fourth-order valence-electron chi connectivity index (χ4n) is 4.49. The van der Waals surface area contributed by atoms with E-state index in [1.54, 1.807) is 0 Å². The van der Waals surface area contributed by atoms with Crippen LogP contribution in [0.5, 0.6) is 0 Å². The van der Waals surface area contributed by atoms with Gasteiger partial charge < -0.3 is 9.64 Å². The minimum absolute atomic E-state index is 0.180. The van der Waals surface area contributed by atoms with Crippen LogP contribution < -0.4 is 5.32 Å². The minimum Gasteiger partial charge on any atom is -0.376 e. The Kier molecular flexibility index (Phi) is 3.08. The first-order valence-corrected chi connectivity index (χ1v) is 8.43. The average Bonchev–Trinajstić information content (AvgIpc) is 2.92. The Morgan fingerprint density at radius 3 is 2.60 bits per heavy atom. The molecule has 4 aliphatic rings. The van der Waals surface area contributed by atoms with Crippen LogP contribution in [0.1, 0.15) is 58.3 Å². The molecule has 1 amide bonds. The summed E-state index contributed by atoms with van der Waals surface area (Å²) in [6.45, 7) is 3.06. The van der Waals surface area contributed by atoms with Gasteiger partial charge in [-0.1, -0.05) is 12.8 Å². The van der Waals surface area contributed by atoms with Crippen LogP contribution in [0, 0.1) is 5.92 Å². The van der Waals surface area contributed by atoms with Gasteiger partial charge in [-0.3, -0.25) is 10.1 Å². The fourth-order valence-corrected chi connectivity index (χ4v) is 4.49. The first-order chi connectivity index (χ1) is 9.71. The third-order valence-corrected chi connectivity index (χ3v) is 5.91. The number of carbonyl (C=O) groups excluding carboxylic acids is 1. The summed E-state index contributed by atoms with van der Waals surface area (Å²) in [5.41, 5.74) is -0.180. The lowest BCUT2D eigenvalue weighted by molar-refractivity contribution is -0.136. The molecule has 112 valence electrons. The van der Waals surface area contributed by atoms with Gasteiger partial charge in [0.15, 0.2) is 0 Å². The van der Waals surface area contributed by atoms with Crippen molar-refractivity contribution < 1.29 is 9.53 Å². The van der Waals surface area contributed by atoms with E-state index in [4.69, 9.17) is 4.74 Å². The summed E-state index contributed by atoms with van der Waals surface area (Å²) >= 11 is 0. The molecular weight excluding hydrogens is 252 g/mol. The lowest BCUT2D eigenvalue weighted by Crippen LogP contribution is -2.51. The van der Waals surface area contributed by atoms with Crippen molar-refractivity contribution in [1.29, 1.82) is 0 Å². The summed E-state index contributed by atoms with van der Waals surface area (Å²) in [5, 5.41) is 3.71.